The maximum atomic E-state index is 12.7. The zero-order chi connectivity index (χ0) is 12.3. The summed E-state index contributed by atoms with van der Waals surface area (Å²) in [6.45, 7) is 0. The van der Waals surface area contributed by atoms with Crippen LogP contribution < -0.4 is 4.74 Å². The predicted octanol–water partition coefficient (Wildman–Crippen LogP) is 1.49. The number of hydrogen-bond acceptors (Lipinski definition) is 4. The van der Waals surface area contributed by atoms with Crippen LogP contribution in [0.5, 0.6) is 5.75 Å². The first-order chi connectivity index (χ1) is 7.41. The Hall–Kier alpha value is -2.25. The van der Waals surface area contributed by atoms with Crippen molar-refractivity contribution in [2.45, 2.75) is 6.36 Å². The van der Waals surface area contributed by atoms with Crippen LogP contribution in [-0.2, 0) is 4.79 Å². The summed E-state index contributed by atoms with van der Waals surface area (Å²) in [6.07, 6.45) is -2.79. The maximum absolute atomic E-state index is 12.7. The van der Waals surface area contributed by atoms with Gasteiger partial charge < -0.3 is 9.84 Å². The summed E-state index contributed by atoms with van der Waals surface area (Å²) < 4.78 is 29.4. The smallest absolute Gasteiger partial charge is 0.378 e. The molecule has 1 unspecified atom stereocenters. The lowest BCUT2D eigenvalue weighted by molar-refractivity contribution is -0.386. The average Bonchev–Trinajstić information content (AvgIpc) is 2.16. The van der Waals surface area contributed by atoms with Gasteiger partial charge >= 0.3 is 18.0 Å². The molecule has 0 amide bonds. The molecule has 0 radical (unpaired) electrons. The molecular weight excluding hydrogens is 228 g/mol. The Balaban J connectivity index is 3.05. The molecule has 16 heavy (non-hydrogen) atoms. The minimum absolute atomic E-state index is 0.535. The topological polar surface area (TPSA) is 89.7 Å². The van der Waals surface area contributed by atoms with E-state index < -0.39 is 34.5 Å². The summed E-state index contributed by atoms with van der Waals surface area (Å²) in [5.74, 6) is -3.64. The van der Waals surface area contributed by atoms with E-state index in [4.69, 9.17) is 5.11 Å². The standard InChI is InChI=1S/C8H5F2NO5/c9-4-1-2-5(11(14)15)6(3-4)16-7(10)8(12)13/h1-3,7H,(H,12,13). The molecule has 8 heteroatoms. The molecule has 0 spiro atoms. The number of nitro benzene ring substituents is 1. The highest BCUT2D eigenvalue weighted by Crippen LogP contribution is 2.28. The van der Waals surface area contributed by atoms with E-state index in [1.807, 2.05) is 0 Å². The number of benzene rings is 1. The van der Waals surface area contributed by atoms with Gasteiger partial charge in [-0.3, -0.25) is 10.1 Å². The van der Waals surface area contributed by atoms with Gasteiger partial charge in [-0.1, -0.05) is 0 Å². The molecule has 0 aliphatic heterocycles. The van der Waals surface area contributed by atoms with Crippen molar-refractivity contribution in [2.75, 3.05) is 0 Å². The van der Waals surface area contributed by atoms with Gasteiger partial charge in [0.15, 0.2) is 0 Å². The van der Waals surface area contributed by atoms with Crippen molar-refractivity contribution < 1.29 is 28.3 Å². The first-order valence-electron chi connectivity index (χ1n) is 3.89. The summed E-state index contributed by atoms with van der Waals surface area (Å²) in [5, 5.41) is 18.6. The first-order valence-corrected chi connectivity index (χ1v) is 3.89. The number of rotatable bonds is 4. The summed E-state index contributed by atoms with van der Waals surface area (Å²) in [6, 6.07) is 2.06. The lowest BCUT2D eigenvalue weighted by atomic mass is 10.3. The van der Waals surface area contributed by atoms with E-state index in [-0.39, 0.29) is 0 Å². The molecular formula is C8H5F2NO5. The number of alkyl halides is 1. The molecule has 1 rings (SSSR count). The van der Waals surface area contributed by atoms with Crippen LogP contribution in [0.4, 0.5) is 14.5 Å². The third-order valence-electron chi connectivity index (χ3n) is 1.54. The molecule has 0 bridgehead atoms. The van der Waals surface area contributed by atoms with Gasteiger partial charge in [0.2, 0.25) is 5.75 Å². The molecule has 6 nitrogen and oxygen atoms in total. The third-order valence-corrected chi connectivity index (χ3v) is 1.54. The zero-order valence-corrected chi connectivity index (χ0v) is 7.59. The molecule has 86 valence electrons. The minimum atomic E-state index is -2.79. The molecule has 0 saturated heterocycles. The van der Waals surface area contributed by atoms with Crippen LogP contribution in [0.25, 0.3) is 0 Å². The van der Waals surface area contributed by atoms with Crippen molar-refractivity contribution in [1.82, 2.24) is 0 Å². The van der Waals surface area contributed by atoms with Crippen molar-refractivity contribution in [2.24, 2.45) is 0 Å². The van der Waals surface area contributed by atoms with E-state index in [9.17, 15) is 23.7 Å². The molecule has 1 atom stereocenters. The largest absolute Gasteiger partial charge is 0.476 e. The quantitative estimate of drug-likeness (QED) is 0.628. The summed E-state index contributed by atoms with van der Waals surface area (Å²) in [4.78, 5) is 19.6. The Morgan fingerprint density at radius 2 is 2.19 bits per heavy atom. The van der Waals surface area contributed by atoms with Crippen LogP contribution in [0.1, 0.15) is 0 Å². The number of nitro groups is 1. The van der Waals surface area contributed by atoms with Crippen LogP contribution in [-0.4, -0.2) is 22.4 Å². The lowest BCUT2D eigenvalue weighted by Crippen LogP contribution is -2.21. The number of carbonyl (C=O) groups is 1. The number of nitrogens with zero attached hydrogens (tertiary/aromatic N) is 1. The molecule has 0 heterocycles. The Kier molecular flexibility index (Phi) is 3.33. The van der Waals surface area contributed by atoms with Crippen molar-refractivity contribution in [3.05, 3.63) is 34.1 Å². The van der Waals surface area contributed by atoms with Crippen LogP contribution >= 0.6 is 0 Å². The van der Waals surface area contributed by atoms with E-state index in [0.29, 0.717) is 6.07 Å². The number of carboxylic acids is 1. The highest BCUT2D eigenvalue weighted by molar-refractivity contribution is 5.71. The van der Waals surface area contributed by atoms with Crippen LogP contribution in [0, 0.1) is 15.9 Å². The van der Waals surface area contributed by atoms with Crippen molar-refractivity contribution in [3.8, 4) is 5.75 Å². The summed E-state index contributed by atoms with van der Waals surface area (Å²) >= 11 is 0. The van der Waals surface area contributed by atoms with Crippen molar-refractivity contribution >= 4 is 11.7 Å². The second kappa shape index (κ2) is 4.51. The van der Waals surface area contributed by atoms with Crippen molar-refractivity contribution in [3.63, 3.8) is 0 Å². The number of carboxylic acid groups (broad SMARTS) is 1. The second-order valence-electron chi connectivity index (χ2n) is 2.64. The molecule has 1 aromatic carbocycles. The Morgan fingerprint density at radius 1 is 1.56 bits per heavy atom. The van der Waals surface area contributed by atoms with Crippen LogP contribution in [0.2, 0.25) is 0 Å². The first kappa shape index (κ1) is 11.8. The number of halogens is 2. The van der Waals surface area contributed by atoms with Gasteiger partial charge in [-0.05, 0) is 6.07 Å². The fourth-order valence-electron chi connectivity index (χ4n) is 0.895. The van der Waals surface area contributed by atoms with E-state index in [2.05, 4.69) is 4.74 Å². The fraction of sp³-hybridized carbons (Fsp3) is 0.125. The van der Waals surface area contributed by atoms with E-state index in [0.717, 1.165) is 12.1 Å². The average molecular weight is 233 g/mol. The zero-order valence-electron chi connectivity index (χ0n) is 7.59. The monoisotopic (exact) mass is 233 g/mol. The fourth-order valence-corrected chi connectivity index (χ4v) is 0.895. The molecule has 0 aliphatic rings. The van der Waals surface area contributed by atoms with Crippen LogP contribution in [0.3, 0.4) is 0 Å². The molecule has 0 fully saturated rings. The molecule has 0 aromatic heterocycles. The van der Waals surface area contributed by atoms with Gasteiger partial charge in [-0.2, -0.15) is 4.39 Å². The Bertz CT molecular complexity index is 436. The van der Waals surface area contributed by atoms with Gasteiger partial charge in [0.1, 0.15) is 5.82 Å². The second-order valence-corrected chi connectivity index (χ2v) is 2.64. The molecule has 1 N–H and O–H groups in total. The maximum Gasteiger partial charge on any atom is 0.378 e. The summed E-state index contributed by atoms with van der Waals surface area (Å²) in [5.41, 5.74) is -0.717. The molecule has 0 aliphatic carbocycles. The Labute approximate surface area is 87.2 Å². The van der Waals surface area contributed by atoms with Gasteiger partial charge in [0.05, 0.1) is 4.92 Å². The highest BCUT2D eigenvalue weighted by atomic mass is 19.1. The van der Waals surface area contributed by atoms with E-state index in [1.54, 1.807) is 0 Å². The van der Waals surface area contributed by atoms with Gasteiger partial charge in [0.25, 0.3) is 0 Å². The SMILES string of the molecule is O=C(O)C(F)Oc1cc(F)ccc1[N+](=O)[O-]. The van der Waals surface area contributed by atoms with Crippen LogP contribution in [0.15, 0.2) is 18.2 Å². The number of ether oxygens (including phenoxy) is 1. The number of hydrogen-bond donors (Lipinski definition) is 1. The highest BCUT2D eigenvalue weighted by Gasteiger charge is 2.23. The normalized spacial score (nSPS) is 11.9. The molecule has 0 saturated carbocycles. The number of aliphatic carboxylic acids is 1. The van der Waals surface area contributed by atoms with E-state index >= 15 is 0 Å². The van der Waals surface area contributed by atoms with Crippen molar-refractivity contribution in [1.29, 1.82) is 0 Å². The van der Waals surface area contributed by atoms with Gasteiger partial charge in [-0.15, -0.1) is 0 Å². The minimum Gasteiger partial charge on any atom is -0.476 e. The van der Waals surface area contributed by atoms with E-state index in [1.165, 1.54) is 0 Å². The van der Waals surface area contributed by atoms with Gasteiger partial charge in [0, 0.05) is 12.1 Å². The van der Waals surface area contributed by atoms with Gasteiger partial charge in [-0.25, -0.2) is 9.18 Å². The third kappa shape index (κ3) is 2.62. The Morgan fingerprint density at radius 3 is 2.69 bits per heavy atom. The predicted molar refractivity (Wildman–Crippen MR) is 46.2 cm³/mol. The molecule has 1 aromatic rings. The summed E-state index contributed by atoms with van der Waals surface area (Å²) in [7, 11) is 0. The lowest BCUT2D eigenvalue weighted by Gasteiger charge is -2.07.